The molecule has 0 unspecified atom stereocenters. The molecule has 2 aromatic heterocycles. The lowest BCUT2D eigenvalue weighted by Gasteiger charge is -2.16. The standard InChI is InChI=1S/C35H34F4N4O2/c1-5-23-8-7-9-24(6-2)32(23)42-34(44)28-13-11-25(16-22(28)4)30-19-41-33-29(40-15-14-35(37,38)39)18-27(20-43(30)33)45-31-17-26(36)12-10-21(31)3/h7-13,16-20,40H,5-6,14-15H2,1-4H3,(H,42,44). The highest BCUT2D eigenvalue weighted by Crippen LogP contribution is 2.34. The number of alkyl halides is 3. The summed E-state index contributed by atoms with van der Waals surface area (Å²) < 4.78 is 60.5. The summed E-state index contributed by atoms with van der Waals surface area (Å²) in [5, 5.41) is 5.94. The molecule has 10 heteroatoms. The van der Waals surface area contributed by atoms with Crippen molar-refractivity contribution in [2.24, 2.45) is 0 Å². The van der Waals surface area contributed by atoms with E-state index >= 15 is 0 Å². The van der Waals surface area contributed by atoms with Crippen LogP contribution in [0.4, 0.5) is 28.9 Å². The first-order chi connectivity index (χ1) is 21.5. The molecule has 5 rings (SSSR count). The number of pyridine rings is 1. The fourth-order valence-electron chi connectivity index (χ4n) is 5.27. The van der Waals surface area contributed by atoms with E-state index in [4.69, 9.17) is 4.74 Å². The molecule has 0 aliphatic carbocycles. The molecule has 234 valence electrons. The van der Waals surface area contributed by atoms with Crippen LogP contribution in [0.1, 0.15) is 52.9 Å². The minimum absolute atomic E-state index is 0.218. The quantitative estimate of drug-likeness (QED) is 0.153. The average molecular weight is 619 g/mol. The molecular formula is C35H34F4N4O2. The smallest absolute Gasteiger partial charge is 0.390 e. The van der Waals surface area contributed by atoms with Crippen LogP contribution in [0.5, 0.6) is 11.5 Å². The number of ether oxygens (including phenoxy) is 1. The van der Waals surface area contributed by atoms with Crippen molar-refractivity contribution in [1.82, 2.24) is 9.38 Å². The van der Waals surface area contributed by atoms with Gasteiger partial charge in [-0.05, 0) is 67.1 Å². The topological polar surface area (TPSA) is 67.7 Å². The summed E-state index contributed by atoms with van der Waals surface area (Å²) in [6.45, 7) is 7.34. The van der Waals surface area contributed by atoms with Crippen LogP contribution in [0, 0.1) is 19.7 Å². The van der Waals surface area contributed by atoms with Crippen molar-refractivity contribution in [2.75, 3.05) is 17.2 Å². The van der Waals surface area contributed by atoms with Gasteiger partial charge >= 0.3 is 6.18 Å². The second-order valence-corrected chi connectivity index (χ2v) is 10.9. The number of fused-ring (bicyclic) bond motifs is 1. The van der Waals surface area contributed by atoms with Crippen LogP contribution in [0.15, 0.2) is 73.1 Å². The second-order valence-electron chi connectivity index (χ2n) is 10.9. The van der Waals surface area contributed by atoms with Gasteiger partial charge in [0.1, 0.15) is 17.3 Å². The number of carbonyl (C=O) groups excluding carboxylic acids is 1. The molecule has 6 nitrogen and oxygen atoms in total. The molecule has 0 aliphatic heterocycles. The monoisotopic (exact) mass is 618 g/mol. The summed E-state index contributed by atoms with van der Waals surface area (Å²) in [5.41, 5.74) is 6.98. The maximum absolute atomic E-state index is 14.0. The Morgan fingerprint density at radius 3 is 2.36 bits per heavy atom. The average Bonchev–Trinajstić information content (AvgIpc) is 3.42. The summed E-state index contributed by atoms with van der Waals surface area (Å²) in [6.07, 6.45) is -0.534. The molecule has 1 amide bonds. The number of nitrogens with zero attached hydrogens (tertiary/aromatic N) is 2. The fraction of sp³-hybridized carbons (Fsp3) is 0.257. The van der Waals surface area contributed by atoms with Gasteiger partial charge in [0.15, 0.2) is 5.65 Å². The molecule has 0 bridgehead atoms. The Labute approximate surface area is 259 Å². The van der Waals surface area contributed by atoms with Crippen molar-refractivity contribution >= 4 is 22.9 Å². The number of benzene rings is 3. The molecule has 0 aliphatic rings. The van der Waals surface area contributed by atoms with Crippen molar-refractivity contribution in [3.05, 3.63) is 107 Å². The van der Waals surface area contributed by atoms with E-state index in [0.717, 1.165) is 40.8 Å². The third-order valence-electron chi connectivity index (χ3n) is 7.69. The number of halogens is 4. The molecule has 45 heavy (non-hydrogen) atoms. The van der Waals surface area contributed by atoms with Crippen molar-refractivity contribution in [1.29, 1.82) is 0 Å². The van der Waals surface area contributed by atoms with E-state index in [9.17, 15) is 22.4 Å². The van der Waals surface area contributed by atoms with Crippen molar-refractivity contribution in [3.8, 4) is 22.8 Å². The van der Waals surface area contributed by atoms with E-state index in [1.165, 1.54) is 12.1 Å². The van der Waals surface area contributed by atoms with Gasteiger partial charge in [0.05, 0.1) is 30.2 Å². The Bertz CT molecular complexity index is 1840. The van der Waals surface area contributed by atoms with E-state index < -0.39 is 18.4 Å². The molecule has 0 saturated heterocycles. The minimum atomic E-state index is -4.33. The van der Waals surface area contributed by atoms with Crippen LogP contribution >= 0.6 is 0 Å². The Morgan fingerprint density at radius 2 is 1.69 bits per heavy atom. The lowest BCUT2D eigenvalue weighted by atomic mass is 10.0. The number of rotatable bonds is 10. The summed E-state index contributed by atoms with van der Waals surface area (Å²) in [6, 6.07) is 17.1. The third kappa shape index (κ3) is 7.11. The zero-order chi connectivity index (χ0) is 32.3. The fourth-order valence-corrected chi connectivity index (χ4v) is 5.27. The summed E-state index contributed by atoms with van der Waals surface area (Å²) in [5.74, 6) is -0.143. The number of imidazole rings is 1. The number of hydrogen-bond acceptors (Lipinski definition) is 4. The molecule has 0 fully saturated rings. The second kappa shape index (κ2) is 13.0. The Kier molecular flexibility index (Phi) is 9.13. The molecule has 0 atom stereocenters. The summed E-state index contributed by atoms with van der Waals surface area (Å²) in [4.78, 5) is 17.9. The van der Waals surface area contributed by atoms with Crippen molar-refractivity contribution in [3.63, 3.8) is 0 Å². The third-order valence-corrected chi connectivity index (χ3v) is 7.69. The predicted octanol–water partition coefficient (Wildman–Crippen LogP) is 9.29. The molecule has 5 aromatic rings. The SMILES string of the molecule is CCc1cccc(CC)c1NC(=O)c1ccc(-c2cnc3c(NCCC(F)(F)F)cc(Oc4cc(F)ccc4C)cn23)cc1C. The molecule has 2 heterocycles. The van der Waals surface area contributed by atoms with Gasteiger partial charge in [0.25, 0.3) is 5.91 Å². The number of aromatic nitrogens is 2. The normalized spacial score (nSPS) is 11.6. The van der Waals surface area contributed by atoms with Gasteiger partial charge in [-0.2, -0.15) is 13.2 Å². The number of nitrogens with one attached hydrogen (secondary N) is 2. The van der Waals surface area contributed by atoms with Crippen LogP contribution in [0.3, 0.4) is 0 Å². The van der Waals surface area contributed by atoms with E-state index in [1.54, 1.807) is 48.0 Å². The van der Waals surface area contributed by atoms with Gasteiger partial charge in [-0.3, -0.25) is 9.20 Å². The Hall–Kier alpha value is -4.86. The first-order valence-corrected chi connectivity index (χ1v) is 14.8. The van der Waals surface area contributed by atoms with Crippen LogP contribution in [0.2, 0.25) is 0 Å². The van der Waals surface area contributed by atoms with Gasteiger partial charge in [0.2, 0.25) is 0 Å². The van der Waals surface area contributed by atoms with Gasteiger partial charge < -0.3 is 15.4 Å². The highest BCUT2D eigenvalue weighted by molar-refractivity contribution is 6.06. The van der Waals surface area contributed by atoms with E-state index in [-0.39, 0.29) is 24.0 Å². The number of amides is 1. The van der Waals surface area contributed by atoms with Crippen LogP contribution in [-0.4, -0.2) is 28.0 Å². The lowest BCUT2D eigenvalue weighted by molar-refractivity contribution is -0.131. The van der Waals surface area contributed by atoms with Crippen molar-refractivity contribution < 1.29 is 27.1 Å². The summed E-state index contributed by atoms with van der Waals surface area (Å²) >= 11 is 0. The number of anilines is 2. The first-order valence-electron chi connectivity index (χ1n) is 14.8. The van der Waals surface area contributed by atoms with Crippen LogP contribution in [0.25, 0.3) is 16.9 Å². The van der Waals surface area contributed by atoms with Crippen molar-refractivity contribution in [2.45, 2.75) is 53.1 Å². The number of carbonyl (C=O) groups is 1. The van der Waals surface area contributed by atoms with E-state index in [0.29, 0.717) is 28.2 Å². The maximum Gasteiger partial charge on any atom is 0.390 e. The maximum atomic E-state index is 14.0. The van der Waals surface area contributed by atoms with Gasteiger partial charge in [-0.1, -0.05) is 44.2 Å². The Balaban J connectivity index is 1.51. The predicted molar refractivity (Wildman–Crippen MR) is 169 cm³/mol. The molecule has 3 aromatic carbocycles. The number of para-hydroxylation sites is 1. The number of hydrogen-bond donors (Lipinski definition) is 2. The molecular weight excluding hydrogens is 584 g/mol. The van der Waals surface area contributed by atoms with E-state index in [2.05, 4.69) is 15.6 Å². The lowest BCUT2D eigenvalue weighted by Crippen LogP contribution is -2.16. The van der Waals surface area contributed by atoms with Gasteiger partial charge in [-0.25, -0.2) is 9.37 Å². The molecule has 2 N–H and O–H groups in total. The zero-order valence-corrected chi connectivity index (χ0v) is 25.5. The van der Waals surface area contributed by atoms with Gasteiger partial charge in [-0.15, -0.1) is 0 Å². The van der Waals surface area contributed by atoms with E-state index in [1.807, 2.05) is 45.0 Å². The largest absolute Gasteiger partial charge is 0.455 e. The first kappa shape index (κ1) is 31.6. The summed E-state index contributed by atoms with van der Waals surface area (Å²) in [7, 11) is 0. The Morgan fingerprint density at radius 1 is 0.956 bits per heavy atom. The molecule has 0 spiro atoms. The van der Waals surface area contributed by atoms with Crippen LogP contribution < -0.4 is 15.4 Å². The van der Waals surface area contributed by atoms with Gasteiger partial charge in [0, 0.05) is 35.5 Å². The highest BCUT2D eigenvalue weighted by atomic mass is 19.4. The highest BCUT2D eigenvalue weighted by Gasteiger charge is 2.26. The zero-order valence-electron chi connectivity index (χ0n) is 25.5. The molecule has 0 radical (unpaired) electrons. The number of aryl methyl sites for hydroxylation is 4. The van der Waals surface area contributed by atoms with Crippen LogP contribution in [-0.2, 0) is 12.8 Å². The minimum Gasteiger partial charge on any atom is -0.455 e. The molecule has 0 saturated carbocycles.